The van der Waals surface area contributed by atoms with E-state index in [0.29, 0.717) is 18.8 Å². The minimum atomic E-state index is -0.269. The van der Waals surface area contributed by atoms with Gasteiger partial charge in [-0.3, -0.25) is 9.69 Å². The summed E-state index contributed by atoms with van der Waals surface area (Å²) < 4.78 is 7.07. The number of ether oxygens (including phenoxy) is 1. The Balaban J connectivity index is 1.36. The van der Waals surface area contributed by atoms with Crippen molar-refractivity contribution >= 4 is 29.4 Å². The number of aromatic nitrogens is 2. The third-order valence-electron chi connectivity index (χ3n) is 5.84. The maximum atomic E-state index is 12.7. The summed E-state index contributed by atoms with van der Waals surface area (Å²) in [6.07, 6.45) is 5.14. The zero-order valence-corrected chi connectivity index (χ0v) is 19.7. The van der Waals surface area contributed by atoms with Gasteiger partial charge in [-0.2, -0.15) is 5.10 Å². The standard InChI is InChI=1S/C28H25N5O3/c1-36-25-14-7-20(8-15-25)27-21(19-33(31-27)24-5-3-2-4-6-24)9-16-26(34)30-22-10-12-23(13-11-22)32-18-17-29-28(32)35/h2-16,19H,17-18H2,1H3,(H,29,35)(H,30,34)/b16-9+. The van der Waals surface area contributed by atoms with Crippen LogP contribution in [-0.2, 0) is 4.79 Å². The first-order valence-corrected chi connectivity index (χ1v) is 11.5. The first-order chi connectivity index (χ1) is 17.6. The van der Waals surface area contributed by atoms with Gasteiger partial charge in [0.15, 0.2) is 0 Å². The lowest BCUT2D eigenvalue weighted by molar-refractivity contribution is -0.111. The Bertz CT molecular complexity index is 1390. The molecule has 0 spiro atoms. The average Bonchev–Trinajstić information content (AvgIpc) is 3.55. The molecule has 3 amide bonds. The first kappa shape index (κ1) is 22.9. The molecule has 0 atom stereocenters. The molecule has 1 aliphatic rings. The molecule has 36 heavy (non-hydrogen) atoms. The summed E-state index contributed by atoms with van der Waals surface area (Å²) in [6.45, 7) is 1.25. The second kappa shape index (κ2) is 10.2. The van der Waals surface area contributed by atoms with Gasteiger partial charge in [0.2, 0.25) is 5.91 Å². The highest BCUT2D eigenvalue weighted by atomic mass is 16.5. The van der Waals surface area contributed by atoms with Gasteiger partial charge >= 0.3 is 6.03 Å². The van der Waals surface area contributed by atoms with Gasteiger partial charge in [0.25, 0.3) is 0 Å². The normalized spacial score (nSPS) is 13.1. The molecular formula is C28H25N5O3. The topological polar surface area (TPSA) is 88.5 Å². The molecule has 1 aliphatic heterocycles. The number of hydrogen-bond donors (Lipinski definition) is 2. The Labute approximate surface area is 208 Å². The van der Waals surface area contributed by atoms with E-state index in [2.05, 4.69) is 10.6 Å². The zero-order valence-electron chi connectivity index (χ0n) is 19.7. The van der Waals surface area contributed by atoms with Crippen LogP contribution < -0.4 is 20.3 Å². The van der Waals surface area contributed by atoms with Crippen LogP contribution in [0, 0.1) is 0 Å². The lowest BCUT2D eigenvalue weighted by Crippen LogP contribution is -2.27. The largest absolute Gasteiger partial charge is 0.497 e. The third kappa shape index (κ3) is 4.97. The quantitative estimate of drug-likeness (QED) is 0.375. The minimum Gasteiger partial charge on any atom is -0.497 e. The van der Waals surface area contributed by atoms with Crippen LogP contribution in [0.25, 0.3) is 23.0 Å². The second-order valence-electron chi connectivity index (χ2n) is 8.19. The first-order valence-electron chi connectivity index (χ1n) is 11.5. The van der Waals surface area contributed by atoms with Crippen LogP contribution in [0.15, 0.2) is 91.1 Å². The van der Waals surface area contributed by atoms with E-state index in [0.717, 1.165) is 33.9 Å². The Hall–Kier alpha value is -4.85. The molecule has 5 rings (SSSR count). The van der Waals surface area contributed by atoms with Gasteiger partial charge in [0, 0.05) is 47.9 Å². The van der Waals surface area contributed by atoms with Crippen molar-refractivity contribution < 1.29 is 14.3 Å². The molecule has 180 valence electrons. The summed E-state index contributed by atoms with van der Waals surface area (Å²) in [5.74, 6) is 0.490. The monoisotopic (exact) mass is 479 g/mol. The van der Waals surface area contributed by atoms with Crippen LogP contribution in [0.3, 0.4) is 0 Å². The summed E-state index contributed by atoms with van der Waals surface area (Å²) in [4.78, 5) is 26.2. The summed E-state index contributed by atoms with van der Waals surface area (Å²) in [5.41, 5.74) is 4.81. The molecule has 0 saturated carbocycles. The van der Waals surface area contributed by atoms with Crippen molar-refractivity contribution in [2.45, 2.75) is 0 Å². The van der Waals surface area contributed by atoms with E-state index in [1.165, 1.54) is 6.08 Å². The van der Waals surface area contributed by atoms with E-state index in [-0.39, 0.29) is 11.9 Å². The predicted octanol–water partition coefficient (Wildman–Crippen LogP) is 4.73. The Morgan fingerprint density at radius 1 is 1.00 bits per heavy atom. The van der Waals surface area contributed by atoms with E-state index >= 15 is 0 Å². The highest BCUT2D eigenvalue weighted by Crippen LogP contribution is 2.27. The third-order valence-corrected chi connectivity index (χ3v) is 5.84. The number of amides is 3. The number of anilines is 2. The van der Waals surface area contributed by atoms with E-state index in [4.69, 9.17) is 9.84 Å². The van der Waals surface area contributed by atoms with Crippen molar-refractivity contribution in [3.8, 4) is 22.7 Å². The van der Waals surface area contributed by atoms with E-state index in [9.17, 15) is 9.59 Å². The van der Waals surface area contributed by atoms with E-state index < -0.39 is 0 Å². The van der Waals surface area contributed by atoms with Crippen molar-refractivity contribution in [1.29, 1.82) is 0 Å². The number of carbonyl (C=O) groups excluding carboxylic acids is 2. The summed E-state index contributed by atoms with van der Waals surface area (Å²) in [7, 11) is 1.63. The molecule has 2 N–H and O–H groups in total. The summed E-state index contributed by atoms with van der Waals surface area (Å²) >= 11 is 0. The number of urea groups is 1. The van der Waals surface area contributed by atoms with Crippen molar-refractivity contribution in [1.82, 2.24) is 15.1 Å². The number of hydrogen-bond acceptors (Lipinski definition) is 4. The van der Waals surface area contributed by atoms with Crippen LogP contribution in [-0.4, -0.2) is 41.9 Å². The maximum Gasteiger partial charge on any atom is 0.321 e. The molecule has 8 nitrogen and oxygen atoms in total. The molecule has 3 aromatic carbocycles. The number of methoxy groups -OCH3 is 1. The van der Waals surface area contributed by atoms with Gasteiger partial charge in [-0.15, -0.1) is 0 Å². The van der Waals surface area contributed by atoms with Crippen LogP contribution in [0.2, 0.25) is 0 Å². The van der Waals surface area contributed by atoms with Gasteiger partial charge in [-0.05, 0) is 66.7 Å². The van der Waals surface area contributed by atoms with Crippen LogP contribution in [0.4, 0.5) is 16.2 Å². The fraction of sp³-hybridized carbons (Fsp3) is 0.107. The van der Waals surface area contributed by atoms with Crippen LogP contribution >= 0.6 is 0 Å². The smallest absolute Gasteiger partial charge is 0.321 e. The van der Waals surface area contributed by atoms with Crippen LogP contribution in [0.5, 0.6) is 5.75 Å². The zero-order chi connectivity index (χ0) is 24.9. The Kier molecular flexibility index (Phi) is 6.48. The molecule has 0 bridgehead atoms. The van der Waals surface area contributed by atoms with E-state index in [1.807, 2.05) is 72.9 Å². The number of nitrogens with one attached hydrogen (secondary N) is 2. The predicted molar refractivity (Wildman–Crippen MR) is 140 cm³/mol. The lowest BCUT2D eigenvalue weighted by Gasteiger charge is -2.14. The number of nitrogens with zero attached hydrogens (tertiary/aromatic N) is 3. The average molecular weight is 480 g/mol. The number of rotatable bonds is 7. The Morgan fingerprint density at radius 3 is 2.42 bits per heavy atom. The van der Waals surface area contributed by atoms with Crippen LogP contribution in [0.1, 0.15) is 5.56 Å². The fourth-order valence-corrected chi connectivity index (χ4v) is 3.99. The molecule has 4 aromatic rings. The lowest BCUT2D eigenvalue weighted by atomic mass is 10.1. The van der Waals surface area contributed by atoms with E-state index in [1.54, 1.807) is 34.9 Å². The molecule has 0 unspecified atom stereocenters. The highest BCUT2D eigenvalue weighted by Gasteiger charge is 2.20. The van der Waals surface area contributed by atoms with Gasteiger partial charge in [-0.1, -0.05) is 18.2 Å². The van der Waals surface area contributed by atoms with Gasteiger partial charge in [0.1, 0.15) is 5.75 Å². The molecule has 8 heteroatoms. The Morgan fingerprint density at radius 2 is 1.75 bits per heavy atom. The van der Waals surface area contributed by atoms with Gasteiger partial charge in [0.05, 0.1) is 18.5 Å². The summed E-state index contributed by atoms with van der Waals surface area (Å²) in [6, 6.07) is 24.5. The number of carbonyl (C=O) groups is 2. The van der Waals surface area contributed by atoms with Crippen molar-refractivity contribution in [2.75, 3.05) is 30.4 Å². The van der Waals surface area contributed by atoms with Crippen molar-refractivity contribution in [3.05, 3.63) is 96.7 Å². The number of para-hydroxylation sites is 1. The molecular weight excluding hydrogens is 454 g/mol. The second-order valence-corrected chi connectivity index (χ2v) is 8.19. The van der Waals surface area contributed by atoms with Gasteiger partial charge < -0.3 is 15.4 Å². The highest BCUT2D eigenvalue weighted by molar-refractivity contribution is 6.02. The SMILES string of the molecule is COc1ccc(-c2nn(-c3ccccc3)cc2/C=C/C(=O)Nc2ccc(N3CCNC3=O)cc2)cc1. The molecule has 2 heterocycles. The van der Waals surface area contributed by atoms with Crippen molar-refractivity contribution in [3.63, 3.8) is 0 Å². The maximum absolute atomic E-state index is 12.7. The minimum absolute atomic E-state index is 0.113. The summed E-state index contributed by atoms with van der Waals surface area (Å²) in [5, 5.41) is 10.4. The molecule has 0 aliphatic carbocycles. The molecule has 1 aromatic heterocycles. The molecule has 0 radical (unpaired) electrons. The molecule has 1 saturated heterocycles. The molecule has 1 fully saturated rings. The van der Waals surface area contributed by atoms with Crippen molar-refractivity contribution in [2.24, 2.45) is 0 Å². The van der Waals surface area contributed by atoms with Gasteiger partial charge in [-0.25, -0.2) is 9.48 Å². The number of benzene rings is 3. The fourth-order valence-electron chi connectivity index (χ4n) is 3.99.